The van der Waals surface area contributed by atoms with Gasteiger partial charge in [-0.05, 0) is 37.3 Å². The van der Waals surface area contributed by atoms with Crippen LogP contribution in [0.2, 0.25) is 5.02 Å². The van der Waals surface area contributed by atoms with E-state index in [0.29, 0.717) is 27.2 Å². The van der Waals surface area contributed by atoms with E-state index >= 15 is 0 Å². The number of hydrogen-bond acceptors (Lipinski definition) is 5. The molecule has 8 heteroatoms. The molecule has 3 aromatic rings. The van der Waals surface area contributed by atoms with Crippen molar-refractivity contribution in [3.63, 3.8) is 0 Å². The summed E-state index contributed by atoms with van der Waals surface area (Å²) in [6.45, 7) is 1.94. The summed E-state index contributed by atoms with van der Waals surface area (Å²) in [5.41, 5.74) is 2.56. The summed E-state index contributed by atoms with van der Waals surface area (Å²) in [5.74, 6) is 0.118. The average molecular weight is 400 g/mol. The van der Waals surface area contributed by atoms with Crippen molar-refractivity contribution < 1.29 is 14.3 Å². The van der Waals surface area contributed by atoms with Gasteiger partial charge in [0.1, 0.15) is 5.75 Å². The number of nitrogens with zero attached hydrogens (tertiary/aromatic N) is 1. The average Bonchev–Trinajstić information content (AvgIpc) is 3.01. The first kappa shape index (κ1) is 17.5. The Bertz CT molecular complexity index is 1060. The molecule has 1 aliphatic heterocycles. The predicted molar refractivity (Wildman–Crippen MR) is 106 cm³/mol. The molecule has 0 atom stereocenters. The van der Waals surface area contributed by atoms with E-state index in [-0.39, 0.29) is 18.4 Å². The van der Waals surface area contributed by atoms with Crippen LogP contribution in [0.1, 0.15) is 15.2 Å². The van der Waals surface area contributed by atoms with E-state index in [9.17, 15) is 9.59 Å². The second kappa shape index (κ2) is 7.02. The van der Waals surface area contributed by atoms with Crippen LogP contribution >= 0.6 is 22.9 Å². The van der Waals surface area contributed by atoms with Gasteiger partial charge in [0.05, 0.1) is 22.0 Å². The van der Waals surface area contributed by atoms with Gasteiger partial charge in [-0.3, -0.25) is 14.9 Å². The molecule has 27 heavy (non-hydrogen) atoms. The lowest BCUT2D eigenvalue weighted by Crippen LogP contribution is -2.25. The summed E-state index contributed by atoms with van der Waals surface area (Å²) < 4.78 is 5.38. The minimum Gasteiger partial charge on any atom is -0.482 e. The van der Waals surface area contributed by atoms with E-state index in [1.807, 2.05) is 19.1 Å². The normalized spacial score (nSPS) is 12.7. The van der Waals surface area contributed by atoms with Crippen molar-refractivity contribution in [2.75, 3.05) is 17.2 Å². The molecule has 6 nitrogen and oxygen atoms in total. The second-order valence-electron chi connectivity index (χ2n) is 5.91. The molecular formula is C19H14ClN3O3S. The number of carbonyl (C=O) groups is 2. The third-order valence-corrected chi connectivity index (χ3v) is 5.24. The zero-order valence-electron chi connectivity index (χ0n) is 14.2. The van der Waals surface area contributed by atoms with Crippen molar-refractivity contribution in [3.8, 4) is 17.0 Å². The van der Waals surface area contributed by atoms with Crippen LogP contribution in [0.5, 0.6) is 5.75 Å². The zero-order valence-corrected chi connectivity index (χ0v) is 15.8. The first-order valence-electron chi connectivity index (χ1n) is 8.11. The number of aromatic nitrogens is 1. The predicted octanol–water partition coefficient (Wildman–Crippen LogP) is 4.36. The van der Waals surface area contributed by atoms with Crippen LogP contribution in [0.15, 0.2) is 42.5 Å². The highest BCUT2D eigenvalue weighted by atomic mass is 35.5. The lowest BCUT2D eigenvalue weighted by atomic mass is 10.1. The van der Waals surface area contributed by atoms with E-state index in [1.165, 1.54) is 11.3 Å². The Morgan fingerprint density at radius 1 is 1.30 bits per heavy atom. The number of benzene rings is 2. The highest BCUT2D eigenvalue weighted by molar-refractivity contribution is 7.16. The number of anilines is 2. The molecule has 0 fully saturated rings. The molecule has 2 aromatic carbocycles. The van der Waals surface area contributed by atoms with Crippen molar-refractivity contribution in [3.05, 3.63) is 57.9 Å². The maximum atomic E-state index is 12.4. The van der Waals surface area contributed by atoms with Gasteiger partial charge in [-0.2, -0.15) is 0 Å². The molecular weight excluding hydrogens is 386 g/mol. The Labute approximate surface area is 164 Å². The quantitative estimate of drug-likeness (QED) is 0.685. The van der Waals surface area contributed by atoms with E-state index in [4.69, 9.17) is 16.3 Å². The summed E-state index contributed by atoms with van der Waals surface area (Å²) in [4.78, 5) is 29.4. The van der Waals surface area contributed by atoms with Gasteiger partial charge in [0.2, 0.25) is 0 Å². The zero-order chi connectivity index (χ0) is 19.0. The number of aryl methyl sites for hydroxylation is 1. The van der Waals surface area contributed by atoms with Gasteiger partial charge in [0.15, 0.2) is 11.7 Å². The fraction of sp³-hybridized carbons (Fsp3) is 0.105. The Kier molecular flexibility index (Phi) is 4.55. The molecule has 1 aliphatic rings. The molecule has 0 radical (unpaired) electrons. The lowest BCUT2D eigenvalue weighted by molar-refractivity contribution is -0.118. The standard InChI is InChI=1S/C19H14ClN3O3S/c1-10-17(11-6-7-15-14(8-11)21-16(24)9-26-15)22-19(27-10)23-18(25)12-4-2-3-5-13(12)20/h2-8H,9H2,1H3,(H,21,24)(H,22,23,25). The van der Waals surface area contributed by atoms with Crippen LogP contribution < -0.4 is 15.4 Å². The van der Waals surface area contributed by atoms with Gasteiger partial charge >= 0.3 is 0 Å². The maximum absolute atomic E-state index is 12.4. The molecule has 0 unspecified atom stereocenters. The number of halogens is 1. The number of ether oxygens (including phenoxy) is 1. The summed E-state index contributed by atoms with van der Waals surface area (Å²) in [7, 11) is 0. The van der Waals surface area contributed by atoms with Crippen molar-refractivity contribution >= 4 is 45.6 Å². The number of carbonyl (C=O) groups excluding carboxylic acids is 2. The van der Waals surface area contributed by atoms with Crippen molar-refractivity contribution in [2.45, 2.75) is 6.92 Å². The Balaban J connectivity index is 1.61. The summed E-state index contributed by atoms with van der Waals surface area (Å²) in [5, 5.41) is 6.43. The first-order valence-corrected chi connectivity index (χ1v) is 9.31. The molecule has 0 spiro atoms. The van der Waals surface area contributed by atoms with Crippen LogP contribution in [0.3, 0.4) is 0 Å². The highest BCUT2D eigenvalue weighted by Gasteiger charge is 2.19. The maximum Gasteiger partial charge on any atom is 0.262 e. The fourth-order valence-electron chi connectivity index (χ4n) is 2.76. The van der Waals surface area contributed by atoms with E-state index < -0.39 is 0 Å². The van der Waals surface area contributed by atoms with Gasteiger partial charge in [-0.25, -0.2) is 4.98 Å². The minimum absolute atomic E-state index is 0.0142. The van der Waals surface area contributed by atoms with E-state index in [2.05, 4.69) is 15.6 Å². The molecule has 2 heterocycles. The smallest absolute Gasteiger partial charge is 0.262 e. The van der Waals surface area contributed by atoms with Crippen molar-refractivity contribution in [1.29, 1.82) is 0 Å². The molecule has 0 bridgehead atoms. The number of nitrogens with one attached hydrogen (secondary N) is 2. The van der Waals surface area contributed by atoms with Gasteiger partial charge in [-0.1, -0.05) is 23.7 Å². The van der Waals surface area contributed by atoms with E-state index in [0.717, 1.165) is 16.1 Å². The molecule has 1 aromatic heterocycles. The van der Waals surface area contributed by atoms with Crippen molar-refractivity contribution in [2.24, 2.45) is 0 Å². The van der Waals surface area contributed by atoms with Gasteiger partial charge in [0.25, 0.3) is 11.8 Å². The monoisotopic (exact) mass is 399 g/mol. The first-order chi connectivity index (χ1) is 13.0. The third-order valence-electron chi connectivity index (χ3n) is 4.02. The Hall–Kier alpha value is -2.90. The topological polar surface area (TPSA) is 80.3 Å². The molecule has 136 valence electrons. The molecule has 0 saturated carbocycles. The summed E-state index contributed by atoms with van der Waals surface area (Å²) in [6, 6.07) is 12.3. The fourth-order valence-corrected chi connectivity index (χ4v) is 3.81. The van der Waals surface area contributed by atoms with Gasteiger partial charge in [0, 0.05) is 10.4 Å². The minimum atomic E-state index is -0.313. The molecule has 0 aliphatic carbocycles. The molecule has 2 amide bonds. The van der Waals surface area contributed by atoms with Crippen LogP contribution in [-0.2, 0) is 4.79 Å². The Morgan fingerprint density at radius 3 is 2.93 bits per heavy atom. The SMILES string of the molecule is Cc1sc(NC(=O)c2ccccc2Cl)nc1-c1ccc2c(c1)NC(=O)CO2. The van der Waals surface area contributed by atoms with Gasteiger partial charge in [-0.15, -0.1) is 11.3 Å². The number of fused-ring (bicyclic) bond motifs is 1. The van der Waals surface area contributed by atoms with E-state index in [1.54, 1.807) is 30.3 Å². The molecule has 0 saturated heterocycles. The van der Waals surface area contributed by atoms with Crippen molar-refractivity contribution in [1.82, 2.24) is 4.98 Å². The van der Waals surface area contributed by atoms with Crippen LogP contribution in [0.4, 0.5) is 10.8 Å². The second-order valence-corrected chi connectivity index (χ2v) is 7.52. The van der Waals surface area contributed by atoms with Crippen LogP contribution in [0, 0.1) is 6.92 Å². The third kappa shape index (κ3) is 3.51. The summed E-state index contributed by atoms with van der Waals surface area (Å²) in [6.07, 6.45) is 0. The number of amides is 2. The summed E-state index contributed by atoms with van der Waals surface area (Å²) >= 11 is 7.44. The number of thiazole rings is 1. The number of hydrogen-bond donors (Lipinski definition) is 2. The lowest BCUT2D eigenvalue weighted by Gasteiger charge is -2.18. The Morgan fingerprint density at radius 2 is 2.11 bits per heavy atom. The van der Waals surface area contributed by atoms with Crippen LogP contribution in [0.25, 0.3) is 11.3 Å². The highest BCUT2D eigenvalue weighted by Crippen LogP contribution is 2.36. The number of rotatable bonds is 3. The molecule has 2 N–H and O–H groups in total. The molecule has 4 rings (SSSR count). The largest absolute Gasteiger partial charge is 0.482 e. The van der Waals surface area contributed by atoms with Gasteiger partial charge < -0.3 is 10.1 Å². The van der Waals surface area contributed by atoms with Crippen LogP contribution in [-0.4, -0.2) is 23.4 Å².